The second kappa shape index (κ2) is 10.8. The highest BCUT2D eigenvalue weighted by atomic mass is 16.5. The largest absolute Gasteiger partial charge is 0.459 e. The summed E-state index contributed by atoms with van der Waals surface area (Å²) >= 11 is 0. The van der Waals surface area contributed by atoms with Gasteiger partial charge in [0.15, 0.2) is 0 Å². The van der Waals surface area contributed by atoms with Gasteiger partial charge in [-0.2, -0.15) is 0 Å². The first-order valence-electron chi connectivity index (χ1n) is 10.2. The molecule has 33 heavy (non-hydrogen) atoms. The molecule has 0 unspecified atom stereocenters. The third-order valence-corrected chi connectivity index (χ3v) is 4.33. The first-order chi connectivity index (χ1) is 15.9. The van der Waals surface area contributed by atoms with E-state index in [1.807, 2.05) is 0 Å². The molecule has 0 aliphatic carbocycles. The molecule has 166 valence electrons. The Kier molecular flexibility index (Phi) is 7.61. The minimum atomic E-state index is -0.585. The van der Waals surface area contributed by atoms with E-state index in [4.69, 9.17) is 14.2 Å². The Morgan fingerprint density at radius 2 is 1.03 bits per heavy atom. The molecule has 0 heterocycles. The molecule has 0 aliphatic heterocycles. The number of benzene rings is 3. The molecule has 0 amide bonds. The van der Waals surface area contributed by atoms with E-state index < -0.39 is 17.9 Å². The molecule has 0 atom stereocenters. The van der Waals surface area contributed by atoms with Crippen LogP contribution in [0.25, 0.3) is 0 Å². The summed E-state index contributed by atoms with van der Waals surface area (Å²) in [6.45, 7) is 5.27. The monoisotopic (exact) mass is 442 g/mol. The summed E-state index contributed by atoms with van der Waals surface area (Å²) in [4.78, 5) is 36.6. The average Bonchev–Trinajstić information content (AvgIpc) is 2.80. The molecule has 0 bridgehead atoms. The summed E-state index contributed by atoms with van der Waals surface area (Å²) in [6.07, 6.45) is -0.224. The highest BCUT2D eigenvalue weighted by Crippen LogP contribution is 2.18. The summed E-state index contributed by atoms with van der Waals surface area (Å²) in [5.41, 5.74) is 1.84. The lowest BCUT2D eigenvalue weighted by atomic mass is 10.1. The molecule has 0 aromatic heterocycles. The van der Waals surface area contributed by atoms with Gasteiger partial charge in [-0.15, -0.1) is 5.92 Å². The number of ether oxygens (including phenoxy) is 3. The molecule has 0 fully saturated rings. The van der Waals surface area contributed by atoms with E-state index >= 15 is 0 Å². The molecular weight excluding hydrogens is 420 g/mol. The maximum atomic E-state index is 12.4. The minimum absolute atomic E-state index is 0.224. The zero-order chi connectivity index (χ0) is 23.8. The number of hydrogen-bond donors (Lipinski definition) is 0. The van der Waals surface area contributed by atoms with Crippen LogP contribution in [-0.4, -0.2) is 24.0 Å². The van der Waals surface area contributed by atoms with Crippen molar-refractivity contribution < 1.29 is 28.6 Å². The van der Waals surface area contributed by atoms with E-state index in [0.717, 1.165) is 5.56 Å². The number of esters is 3. The van der Waals surface area contributed by atoms with Crippen molar-refractivity contribution >= 4 is 17.9 Å². The van der Waals surface area contributed by atoms with Crippen molar-refractivity contribution in [3.63, 3.8) is 0 Å². The Bertz CT molecular complexity index is 1190. The molecule has 3 aromatic rings. The molecular formula is C27H22O6. The van der Waals surface area contributed by atoms with E-state index in [2.05, 4.69) is 11.8 Å². The topological polar surface area (TPSA) is 78.9 Å². The predicted octanol–water partition coefficient (Wildman–Crippen LogP) is 5.06. The first kappa shape index (κ1) is 23.3. The fourth-order valence-corrected chi connectivity index (χ4v) is 2.77. The van der Waals surface area contributed by atoms with E-state index in [-0.39, 0.29) is 17.4 Å². The second-order valence-corrected chi connectivity index (χ2v) is 7.23. The molecule has 0 aliphatic rings. The van der Waals surface area contributed by atoms with Crippen molar-refractivity contribution in [3.05, 3.63) is 95.1 Å². The van der Waals surface area contributed by atoms with Gasteiger partial charge in [0, 0.05) is 5.56 Å². The van der Waals surface area contributed by atoms with E-state index in [9.17, 15) is 14.4 Å². The lowest BCUT2D eigenvalue weighted by Gasteiger charge is -2.09. The van der Waals surface area contributed by atoms with Gasteiger partial charge in [0.25, 0.3) is 0 Å². The number of rotatable bonds is 6. The van der Waals surface area contributed by atoms with Gasteiger partial charge in [0.1, 0.15) is 11.5 Å². The van der Waals surface area contributed by atoms with Crippen molar-refractivity contribution in [2.75, 3.05) is 0 Å². The van der Waals surface area contributed by atoms with Gasteiger partial charge in [-0.25, -0.2) is 14.4 Å². The van der Waals surface area contributed by atoms with Gasteiger partial charge in [0.05, 0.1) is 22.8 Å². The average molecular weight is 442 g/mol. The Morgan fingerprint density at radius 1 is 0.636 bits per heavy atom. The third-order valence-electron chi connectivity index (χ3n) is 4.33. The van der Waals surface area contributed by atoms with Crippen LogP contribution in [0.15, 0.2) is 72.8 Å². The van der Waals surface area contributed by atoms with Crippen molar-refractivity contribution in [1.29, 1.82) is 0 Å². The van der Waals surface area contributed by atoms with Gasteiger partial charge >= 0.3 is 17.9 Å². The Morgan fingerprint density at radius 3 is 1.42 bits per heavy atom. The van der Waals surface area contributed by atoms with Crippen molar-refractivity contribution in [2.24, 2.45) is 0 Å². The summed E-state index contributed by atoms with van der Waals surface area (Å²) in [7, 11) is 0. The molecule has 0 spiro atoms. The number of carbonyl (C=O) groups is 3. The molecule has 3 aromatic carbocycles. The van der Waals surface area contributed by atoms with Gasteiger partial charge < -0.3 is 14.2 Å². The summed E-state index contributed by atoms with van der Waals surface area (Å²) in [5.74, 6) is 4.73. The van der Waals surface area contributed by atoms with Crippen molar-refractivity contribution in [2.45, 2.75) is 26.9 Å². The summed E-state index contributed by atoms with van der Waals surface area (Å²) < 4.78 is 15.8. The van der Waals surface area contributed by atoms with Crippen LogP contribution in [0.3, 0.4) is 0 Å². The summed E-state index contributed by atoms with van der Waals surface area (Å²) in [6, 6.07) is 18.9. The quantitative estimate of drug-likeness (QED) is 0.302. The summed E-state index contributed by atoms with van der Waals surface area (Å²) in [5, 5.41) is 0. The minimum Gasteiger partial charge on any atom is -0.459 e. The van der Waals surface area contributed by atoms with Crippen LogP contribution in [0.2, 0.25) is 0 Å². The normalized spacial score (nSPS) is 10.1. The zero-order valence-electron chi connectivity index (χ0n) is 18.5. The van der Waals surface area contributed by atoms with Gasteiger partial charge in [0.2, 0.25) is 0 Å². The van der Waals surface area contributed by atoms with E-state index in [1.54, 1.807) is 45.0 Å². The third kappa shape index (κ3) is 6.55. The Balaban J connectivity index is 1.59. The molecule has 3 rings (SSSR count). The fourth-order valence-electron chi connectivity index (χ4n) is 2.77. The molecule has 6 heteroatoms. The predicted molar refractivity (Wildman–Crippen MR) is 122 cm³/mol. The van der Waals surface area contributed by atoms with Crippen LogP contribution >= 0.6 is 0 Å². The van der Waals surface area contributed by atoms with Crippen molar-refractivity contribution in [1.82, 2.24) is 0 Å². The van der Waals surface area contributed by atoms with Crippen LogP contribution in [0.5, 0.6) is 11.5 Å². The van der Waals surface area contributed by atoms with Gasteiger partial charge in [-0.05, 0) is 93.6 Å². The highest BCUT2D eigenvalue weighted by Gasteiger charge is 2.13. The van der Waals surface area contributed by atoms with Crippen LogP contribution in [0.1, 0.15) is 57.4 Å². The zero-order valence-corrected chi connectivity index (χ0v) is 18.5. The van der Waals surface area contributed by atoms with Crippen LogP contribution < -0.4 is 9.47 Å². The number of hydrogen-bond acceptors (Lipinski definition) is 6. The van der Waals surface area contributed by atoms with E-state index in [0.29, 0.717) is 16.9 Å². The molecule has 0 saturated heterocycles. The molecule has 0 N–H and O–H groups in total. The SMILES string of the molecule is CC#Cc1ccc(C(=O)Oc2ccc(C(=O)Oc3ccc(C(=O)OC(C)C)cc3)cc2)cc1. The first-order valence-corrected chi connectivity index (χ1v) is 10.2. The molecule has 6 nitrogen and oxygen atoms in total. The van der Waals surface area contributed by atoms with Gasteiger partial charge in [-0.1, -0.05) is 5.92 Å². The Hall–Kier alpha value is -4.37. The standard InChI is InChI=1S/C27H22O6/c1-4-5-19-6-8-20(9-7-19)26(29)32-24-16-12-22(13-17-24)27(30)33-23-14-10-21(11-15-23)25(28)31-18(2)3/h6-18H,1-3H3. The van der Waals surface area contributed by atoms with Crippen molar-refractivity contribution in [3.8, 4) is 23.3 Å². The van der Waals surface area contributed by atoms with Crippen LogP contribution in [-0.2, 0) is 4.74 Å². The fraction of sp³-hybridized carbons (Fsp3) is 0.148. The highest BCUT2D eigenvalue weighted by molar-refractivity contribution is 5.93. The molecule has 0 radical (unpaired) electrons. The maximum absolute atomic E-state index is 12.4. The lowest BCUT2D eigenvalue weighted by molar-refractivity contribution is 0.0377. The lowest BCUT2D eigenvalue weighted by Crippen LogP contribution is -2.12. The van der Waals surface area contributed by atoms with E-state index in [1.165, 1.54) is 48.5 Å². The number of carbonyl (C=O) groups excluding carboxylic acids is 3. The van der Waals surface area contributed by atoms with Crippen LogP contribution in [0, 0.1) is 11.8 Å². The second-order valence-electron chi connectivity index (χ2n) is 7.23. The smallest absolute Gasteiger partial charge is 0.343 e. The molecule has 0 saturated carbocycles. The maximum Gasteiger partial charge on any atom is 0.343 e. The Labute approximate surface area is 192 Å². The van der Waals surface area contributed by atoms with Gasteiger partial charge in [-0.3, -0.25) is 0 Å². The van der Waals surface area contributed by atoms with Crippen LogP contribution in [0.4, 0.5) is 0 Å².